The highest BCUT2D eigenvalue weighted by atomic mass is 15.5. The molecule has 2 aromatic rings. The molecule has 0 aliphatic rings. The first-order valence-electron chi connectivity index (χ1n) is 3.29. The fraction of sp³-hybridized carbons (Fsp3) is 0. The zero-order valence-electron chi connectivity index (χ0n) is 6.99. The van der Waals surface area contributed by atoms with E-state index in [0.717, 1.165) is 0 Å². The molecule has 0 radical (unpaired) electrons. The topological polar surface area (TPSA) is 131 Å². The van der Waals surface area contributed by atoms with Crippen molar-refractivity contribution in [3.05, 3.63) is 25.0 Å². The lowest BCUT2D eigenvalue weighted by molar-refractivity contribution is 0.881. The van der Waals surface area contributed by atoms with Gasteiger partial charge in [-0.25, -0.2) is 10.1 Å². The molecule has 70 valence electrons. The number of hydrogen-bond donors (Lipinski definition) is 2. The minimum Gasteiger partial charge on any atom is -0.351 e. The van der Waals surface area contributed by atoms with Gasteiger partial charge in [0, 0.05) is 12.4 Å². The molecular formula is C6H6N8. The molecule has 2 rings (SSSR count). The highest BCUT2D eigenvalue weighted by molar-refractivity contribution is 4.99. The standard InChI is InChI=1S/C3H4N2.C2N2.CH2N4/c1-2-5-3-4-1;3-1-2-4;1-2-4-5-3-1/h1-3H,(H,4,5);;1H,(H,2,3,4,5). The Kier molecular flexibility index (Phi) is 8.25. The van der Waals surface area contributed by atoms with Gasteiger partial charge in [0.15, 0.2) is 12.1 Å². The number of H-pyrrole nitrogens is 2. The molecule has 8 nitrogen and oxygen atoms in total. The van der Waals surface area contributed by atoms with Crippen LogP contribution in [0.5, 0.6) is 0 Å². The highest BCUT2D eigenvalue weighted by Gasteiger charge is 1.58. The molecule has 0 saturated heterocycles. The van der Waals surface area contributed by atoms with Crippen molar-refractivity contribution in [1.82, 2.24) is 30.6 Å². The minimum absolute atomic E-state index is 1.24. The Morgan fingerprint density at radius 1 is 1.14 bits per heavy atom. The van der Waals surface area contributed by atoms with Gasteiger partial charge in [0.2, 0.25) is 0 Å². The van der Waals surface area contributed by atoms with Crippen LogP contribution in [0.1, 0.15) is 0 Å². The van der Waals surface area contributed by atoms with Gasteiger partial charge in [-0.3, -0.25) is 0 Å². The van der Waals surface area contributed by atoms with Crippen LogP contribution < -0.4 is 0 Å². The zero-order chi connectivity index (χ0) is 10.5. The number of rotatable bonds is 0. The molecule has 8 heteroatoms. The van der Waals surface area contributed by atoms with Crippen LogP contribution in [0, 0.1) is 22.7 Å². The van der Waals surface area contributed by atoms with Crippen molar-refractivity contribution in [2.75, 3.05) is 0 Å². The lowest BCUT2D eigenvalue weighted by Gasteiger charge is -1.46. The van der Waals surface area contributed by atoms with E-state index < -0.39 is 0 Å². The number of tetrazole rings is 1. The Labute approximate surface area is 79.2 Å². The van der Waals surface area contributed by atoms with E-state index in [-0.39, 0.29) is 0 Å². The molecule has 14 heavy (non-hydrogen) atoms. The van der Waals surface area contributed by atoms with Gasteiger partial charge in [0.05, 0.1) is 6.33 Å². The molecule has 2 N–H and O–H groups in total. The van der Waals surface area contributed by atoms with Gasteiger partial charge in [-0.2, -0.15) is 10.5 Å². The Morgan fingerprint density at radius 2 is 1.93 bits per heavy atom. The van der Waals surface area contributed by atoms with E-state index in [9.17, 15) is 0 Å². The quantitative estimate of drug-likeness (QED) is 0.583. The third-order valence-electron chi connectivity index (χ3n) is 0.725. The summed E-state index contributed by atoms with van der Waals surface area (Å²) in [4.78, 5) is 6.42. The Hall–Kier alpha value is -2.74. The van der Waals surface area contributed by atoms with Crippen LogP contribution in [-0.4, -0.2) is 30.6 Å². The normalized spacial score (nSPS) is 6.43. The van der Waals surface area contributed by atoms with Crippen molar-refractivity contribution in [3.8, 4) is 12.1 Å². The van der Waals surface area contributed by atoms with E-state index in [1.165, 1.54) is 18.5 Å². The Balaban J connectivity index is 0.000000183. The molecule has 0 spiro atoms. The van der Waals surface area contributed by atoms with Crippen LogP contribution in [0.25, 0.3) is 0 Å². The molecule has 0 aromatic carbocycles. The number of aromatic amines is 2. The second kappa shape index (κ2) is 10.3. The maximum atomic E-state index is 7.26. The average molecular weight is 190 g/mol. The first-order valence-corrected chi connectivity index (χ1v) is 3.29. The number of nitriles is 2. The van der Waals surface area contributed by atoms with Crippen molar-refractivity contribution in [1.29, 1.82) is 10.5 Å². The Morgan fingerprint density at radius 3 is 2.07 bits per heavy atom. The van der Waals surface area contributed by atoms with Crippen LogP contribution in [0.2, 0.25) is 0 Å². The highest BCUT2D eigenvalue weighted by Crippen LogP contribution is 1.62. The molecule has 0 aliphatic carbocycles. The van der Waals surface area contributed by atoms with Crippen molar-refractivity contribution in [3.63, 3.8) is 0 Å². The summed E-state index contributed by atoms with van der Waals surface area (Å²) in [6.45, 7) is 0. The van der Waals surface area contributed by atoms with Gasteiger partial charge in [-0.05, 0) is 10.4 Å². The monoisotopic (exact) mass is 190 g/mol. The van der Waals surface area contributed by atoms with Crippen LogP contribution >= 0.6 is 0 Å². The fourth-order valence-corrected chi connectivity index (χ4v) is 0.344. The van der Waals surface area contributed by atoms with Gasteiger partial charge in [0.1, 0.15) is 6.33 Å². The number of aromatic nitrogens is 6. The molecule has 0 saturated carbocycles. The van der Waals surface area contributed by atoms with Gasteiger partial charge in [-0.1, -0.05) is 0 Å². The average Bonchev–Trinajstić information content (AvgIpc) is 2.94. The number of hydrogen-bond acceptors (Lipinski definition) is 6. The molecular weight excluding hydrogens is 184 g/mol. The van der Waals surface area contributed by atoms with Crippen LogP contribution in [0.15, 0.2) is 25.0 Å². The van der Waals surface area contributed by atoms with Crippen molar-refractivity contribution >= 4 is 0 Å². The molecule has 0 aliphatic heterocycles. The van der Waals surface area contributed by atoms with E-state index >= 15 is 0 Å². The zero-order valence-corrected chi connectivity index (χ0v) is 6.99. The molecule has 0 atom stereocenters. The fourth-order valence-electron chi connectivity index (χ4n) is 0.344. The summed E-state index contributed by atoms with van der Waals surface area (Å²) in [7, 11) is 0. The first kappa shape index (κ1) is 11.3. The van der Waals surface area contributed by atoms with Gasteiger partial charge >= 0.3 is 0 Å². The molecule has 0 amide bonds. The number of imidazole rings is 1. The molecule has 0 fully saturated rings. The summed E-state index contributed by atoms with van der Waals surface area (Å²) in [5.41, 5.74) is 0. The summed E-state index contributed by atoms with van der Waals surface area (Å²) < 4.78 is 0. The third kappa shape index (κ3) is 9.26. The summed E-state index contributed by atoms with van der Waals surface area (Å²) in [6, 6.07) is 2.47. The predicted octanol–water partition coefficient (Wildman–Crippen LogP) is -0.357. The van der Waals surface area contributed by atoms with Crippen LogP contribution in [-0.2, 0) is 0 Å². The lowest BCUT2D eigenvalue weighted by atomic mass is 10.9. The predicted molar refractivity (Wildman–Crippen MR) is 44.0 cm³/mol. The van der Waals surface area contributed by atoms with E-state index in [4.69, 9.17) is 10.5 Å². The van der Waals surface area contributed by atoms with E-state index in [1.54, 1.807) is 18.7 Å². The molecule has 0 bridgehead atoms. The molecule has 0 unspecified atom stereocenters. The SMILES string of the molecule is N#CC#N.c1c[nH]cn1.c1nnn[nH]1. The van der Waals surface area contributed by atoms with Gasteiger partial charge < -0.3 is 4.98 Å². The van der Waals surface area contributed by atoms with Crippen LogP contribution in [0.4, 0.5) is 0 Å². The third-order valence-corrected chi connectivity index (χ3v) is 0.725. The maximum absolute atomic E-state index is 7.26. The summed E-state index contributed by atoms with van der Waals surface area (Å²) >= 11 is 0. The van der Waals surface area contributed by atoms with Crippen molar-refractivity contribution in [2.45, 2.75) is 0 Å². The van der Waals surface area contributed by atoms with Crippen molar-refractivity contribution < 1.29 is 0 Å². The summed E-state index contributed by atoms with van der Waals surface area (Å²) in [6.07, 6.45) is 6.49. The number of nitrogens with zero attached hydrogens (tertiary/aromatic N) is 6. The molecule has 2 heterocycles. The Bertz CT molecular complexity index is 277. The maximum Gasteiger partial charge on any atom is 0.181 e. The summed E-state index contributed by atoms with van der Waals surface area (Å²) in [5, 5.41) is 26.6. The summed E-state index contributed by atoms with van der Waals surface area (Å²) in [5.74, 6) is 0. The van der Waals surface area contributed by atoms with Gasteiger partial charge in [0.25, 0.3) is 0 Å². The first-order chi connectivity index (χ1) is 6.91. The smallest absolute Gasteiger partial charge is 0.181 e. The van der Waals surface area contributed by atoms with Crippen molar-refractivity contribution in [2.24, 2.45) is 0 Å². The van der Waals surface area contributed by atoms with E-state index in [1.807, 2.05) is 0 Å². The largest absolute Gasteiger partial charge is 0.351 e. The second-order valence-electron chi connectivity index (χ2n) is 1.55. The minimum atomic E-state index is 1.24. The second-order valence-corrected chi connectivity index (χ2v) is 1.55. The van der Waals surface area contributed by atoms with Gasteiger partial charge in [-0.15, -0.1) is 5.10 Å². The van der Waals surface area contributed by atoms with Crippen LogP contribution in [0.3, 0.4) is 0 Å². The number of nitrogens with one attached hydrogen (secondary N) is 2. The van der Waals surface area contributed by atoms with E-state index in [2.05, 4.69) is 30.6 Å². The molecule has 2 aromatic heterocycles. The van der Waals surface area contributed by atoms with E-state index in [0.29, 0.717) is 0 Å². The lowest BCUT2D eigenvalue weighted by Crippen LogP contribution is -1.64.